The van der Waals surface area contributed by atoms with E-state index < -0.39 is 11.6 Å². The summed E-state index contributed by atoms with van der Waals surface area (Å²) < 4.78 is 11.1. The van der Waals surface area contributed by atoms with Gasteiger partial charge < -0.3 is 19.8 Å². The first-order valence-corrected chi connectivity index (χ1v) is 8.36. The molecule has 3 heterocycles. The summed E-state index contributed by atoms with van der Waals surface area (Å²) in [7, 11) is 0. The first kappa shape index (κ1) is 15.7. The molecule has 0 atom stereocenters. The predicted octanol–water partition coefficient (Wildman–Crippen LogP) is 3.13. The fourth-order valence-electron chi connectivity index (χ4n) is 2.34. The van der Waals surface area contributed by atoms with E-state index in [0.29, 0.717) is 27.2 Å². The molecule has 3 aromatic rings. The van der Waals surface area contributed by atoms with E-state index in [1.807, 2.05) is 0 Å². The SMILES string of the molecule is O=C(Nc1ccc2c(c1)OCO2)c1cc(-c2ccc(Cl)s2)[nH]c(=O)n1. The van der Waals surface area contributed by atoms with Crippen LogP contribution in [0.1, 0.15) is 10.5 Å². The molecule has 25 heavy (non-hydrogen) atoms. The maximum Gasteiger partial charge on any atom is 0.346 e. The minimum absolute atomic E-state index is 0.000870. The van der Waals surface area contributed by atoms with E-state index in [4.69, 9.17) is 21.1 Å². The Labute approximate surface area is 150 Å². The van der Waals surface area contributed by atoms with Gasteiger partial charge in [0.05, 0.1) is 14.9 Å². The summed E-state index contributed by atoms with van der Waals surface area (Å²) in [5, 5.41) is 2.69. The number of benzene rings is 1. The van der Waals surface area contributed by atoms with Gasteiger partial charge in [0.1, 0.15) is 5.69 Å². The van der Waals surface area contributed by atoms with Gasteiger partial charge in [-0.25, -0.2) is 4.79 Å². The van der Waals surface area contributed by atoms with E-state index >= 15 is 0 Å². The number of rotatable bonds is 3. The molecular weight excluding hydrogens is 366 g/mol. The molecule has 0 saturated heterocycles. The monoisotopic (exact) mass is 375 g/mol. The van der Waals surface area contributed by atoms with Crippen molar-refractivity contribution in [3.63, 3.8) is 0 Å². The molecule has 0 fully saturated rings. The highest BCUT2D eigenvalue weighted by atomic mass is 35.5. The molecule has 1 aliphatic rings. The van der Waals surface area contributed by atoms with Crippen molar-refractivity contribution >= 4 is 34.5 Å². The molecule has 0 aliphatic carbocycles. The smallest absolute Gasteiger partial charge is 0.346 e. The quantitative estimate of drug-likeness (QED) is 0.733. The number of carbonyl (C=O) groups is 1. The molecule has 4 rings (SSSR count). The third-order valence-corrected chi connectivity index (χ3v) is 4.71. The number of amides is 1. The second kappa shape index (κ2) is 6.23. The number of anilines is 1. The van der Waals surface area contributed by atoms with E-state index in [2.05, 4.69) is 15.3 Å². The van der Waals surface area contributed by atoms with Crippen molar-refractivity contribution in [3.8, 4) is 22.1 Å². The number of fused-ring (bicyclic) bond motifs is 1. The maximum atomic E-state index is 12.4. The molecule has 0 bridgehead atoms. The number of nitrogens with one attached hydrogen (secondary N) is 2. The summed E-state index contributed by atoms with van der Waals surface area (Å²) in [6.45, 7) is 0.148. The summed E-state index contributed by atoms with van der Waals surface area (Å²) in [4.78, 5) is 31.3. The second-order valence-corrected chi connectivity index (χ2v) is 6.83. The lowest BCUT2D eigenvalue weighted by atomic mass is 10.2. The van der Waals surface area contributed by atoms with Crippen LogP contribution in [-0.2, 0) is 0 Å². The average Bonchev–Trinajstić information content (AvgIpc) is 3.22. The normalized spacial score (nSPS) is 12.2. The van der Waals surface area contributed by atoms with Crippen molar-refractivity contribution in [1.29, 1.82) is 0 Å². The second-order valence-electron chi connectivity index (χ2n) is 5.11. The zero-order valence-electron chi connectivity index (χ0n) is 12.5. The van der Waals surface area contributed by atoms with E-state index in [1.165, 1.54) is 17.4 Å². The molecule has 1 amide bonds. The first-order chi connectivity index (χ1) is 12.1. The van der Waals surface area contributed by atoms with Crippen molar-refractivity contribution in [3.05, 3.63) is 56.9 Å². The molecular formula is C16H10ClN3O4S. The summed E-state index contributed by atoms with van der Waals surface area (Å²) in [6, 6.07) is 10.0. The molecule has 0 unspecified atom stereocenters. The number of halogens is 1. The van der Waals surface area contributed by atoms with Crippen molar-refractivity contribution in [1.82, 2.24) is 9.97 Å². The zero-order chi connectivity index (χ0) is 17.4. The molecule has 2 aromatic heterocycles. The van der Waals surface area contributed by atoms with E-state index in [-0.39, 0.29) is 12.5 Å². The number of carbonyl (C=O) groups excluding carboxylic acids is 1. The van der Waals surface area contributed by atoms with Crippen LogP contribution in [0.5, 0.6) is 11.5 Å². The molecule has 2 N–H and O–H groups in total. The molecule has 0 radical (unpaired) electrons. The Balaban J connectivity index is 1.62. The molecule has 7 nitrogen and oxygen atoms in total. The number of ether oxygens (including phenoxy) is 2. The fourth-order valence-corrected chi connectivity index (χ4v) is 3.35. The third kappa shape index (κ3) is 3.21. The highest BCUT2D eigenvalue weighted by molar-refractivity contribution is 7.19. The molecule has 126 valence electrons. The van der Waals surface area contributed by atoms with Crippen LogP contribution in [0.15, 0.2) is 41.2 Å². The third-order valence-electron chi connectivity index (χ3n) is 3.45. The minimum atomic E-state index is -0.613. The summed E-state index contributed by atoms with van der Waals surface area (Å²) in [5.41, 5.74) is 0.378. The van der Waals surface area contributed by atoms with Gasteiger partial charge in [0.2, 0.25) is 6.79 Å². The minimum Gasteiger partial charge on any atom is -0.454 e. The number of thiophene rings is 1. The van der Waals surface area contributed by atoms with Crippen LogP contribution in [0, 0.1) is 0 Å². The highest BCUT2D eigenvalue weighted by Gasteiger charge is 2.16. The number of aromatic amines is 1. The van der Waals surface area contributed by atoms with Crippen molar-refractivity contribution in [2.45, 2.75) is 0 Å². The van der Waals surface area contributed by atoms with Crippen LogP contribution >= 0.6 is 22.9 Å². The summed E-state index contributed by atoms with van der Waals surface area (Å²) >= 11 is 7.21. The van der Waals surface area contributed by atoms with Crippen LogP contribution in [0.4, 0.5) is 5.69 Å². The van der Waals surface area contributed by atoms with Crippen molar-refractivity contribution in [2.75, 3.05) is 12.1 Å². The lowest BCUT2D eigenvalue weighted by Crippen LogP contribution is -2.21. The number of hydrogen-bond donors (Lipinski definition) is 2. The predicted molar refractivity (Wildman–Crippen MR) is 93.7 cm³/mol. The topological polar surface area (TPSA) is 93.3 Å². The Hall–Kier alpha value is -2.84. The van der Waals surface area contributed by atoms with Crippen LogP contribution < -0.4 is 20.5 Å². The lowest BCUT2D eigenvalue weighted by Gasteiger charge is -2.06. The Bertz CT molecular complexity index is 1030. The van der Waals surface area contributed by atoms with Gasteiger partial charge in [0.25, 0.3) is 5.91 Å². The standard InChI is InChI=1S/C16H10ClN3O4S/c17-14-4-3-13(25-14)9-6-10(20-16(22)19-9)15(21)18-8-1-2-11-12(5-8)24-7-23-11/h1-6H,7H2,(H,18,21)(H,19,20,22). The largest absolute Gasteiger partial charge is 0.454 e. The van der Waals surface area contributed by atoms with E-state index in [0.717, 1.165) is 4.88 Å². The summed E-state index contributed by atoms with van der Waals surface area (Å²) in [5.74, 6) is 0.656. The van der Waals surface area contributed by atoms with Crippen LogP contribution in [0.2, 0.25) is 4.34 Å². The zero-order valence-corrected chi connectivity index (χ0v) is 14.1. The van der Waals surface area contributed by atoms with Gasteiger partial charge in [-0.15, -0.1) is 11.3 Å². The van der Waals surface area contributed by atoms with Gasteiger partial charge in [0.15, 0.2) is 11.5 Å². The lowest BCUT2D eigenvalue weighted by molar-refractivity contribution is 0.102. The van der Waals surface area contributed by atoms with Gasteiger partial charge in [-0.3, -0.25) is 4.79 Å². The summed E-state index contributed by atoms with van der Waals surface area (Å²) in [6.07, 6.45) is 0. The fraction of sp³-hybridized carbons (Fsp3) is 0.0625. The maximum absolute atomic E-state index is 12.4. The Morgan fingerprint density at radius 3 is 2.84 bits per heavy atom. The Morgan fingerprint density at radius 1 is 1.20 bits per heavy atom. The molecule has 0 saturated carbocycles. The van der Waals surface area contributed by atoms with Gasteiger partial charge in [-0.1, -0.05) is 11.6 Å². The van der Waals surface area contributed by atoms with Crippen molar-refractivity contribution < 1.29 is 14.3 Å². The highest BCUT2D eigenvalue weighted by Crippen LogP contribution is 2.34. The number of hydrogen-bond acceptors (Lipinski definition) is 6. The van der Waals surface area contributed by atoms with Gasteiger partial charge in [-0.2, -0.15) is 4.98 Å². The molecule has 0 spiro atoms. The molecule has 1 aliphatic heterocycles. The molecule has 9 heteroatoms. The number of nitrogens with zero attached hydrogens (tertiary/aromatic N) is 1. The van der Waals surface area contributed by atoms with Crippen LogP contribution in [-0.4, -0.2) is 22.7 Å². The Morgan fingerprint density at radius 2 is 2.04 bits per heavy atom. The average molecular weight is 376 g/mol. The van der Waals surface area contributed by atoms with Gasteiger partial charge in [0, 0.05) is 11.8 Å². The van der Waals surface area contributed by atoms with E-state index in [1.54, 1.807) is 30.3 Å². The Kier molecular flexibility index (Phi) is 3.90. The number of aromatic nitrogens is 2. The van der Waals surface area contributed by atoms with Crippen molar-refractivity contribution in [2.24, 2.45) is 0 Å². The van der Waals surface area contributed by atoms with Crippen LogP contribution in [0.3, 0.4) is 0 Å². The van der Waals surface area contributed by atoms with Gasteiger partial charge in [-0.05, 0) is 30.3 Å². The first-order valence-electron chi connectivity index (χ1n) is 7.16. The van der Waals surface area contributed by atoms with Gasteiger partial charge >= 0.3 is 5.69 Å². The van der Waals surface area contributed by atoms with Crippen LogP contribution in [0.25, 0.3) is 10.6 Å². The van der Waals surface area contributed by atoms with E-state index in [9.17, 15) is 9.59 Å². The molecule has 1 aromatic carbocycles. The number of H-pyrrole nitrogens is 1.